The predicted octanol–water partition coefficient (Wildman–Crippen LogP) is 13.7. The summed E-state index contributed by atoms with van der Waals surface area (Å²) >= 11 is 0. The minimum Gasteiger partial charge on any atom is -0.359 e. The van der Waals surface area contributed by atoms with E-state index in [0.29, 0.717) is 5.92 Å². The number of rotatable bonds is 4. The molecule has 0 fully saturated rings. The van der Waals surface area contributed by atoms with Crippen molar-refractivity contribution < 1.29 is 0 Å². The number of fused-ring (bicyclic) bond motifs is 9. The molecule has 3 nitrogen and oxygen atoms in total. The number of hydrogen-bond donors (Lipinski definition) is 1. The van der Waals surface area contributed by atoms with E-state index in [0.717, 1.165) is 42.9 Å². The Morgan fingerprint density at radius 2 is 1.44 bits per heavy atom. The molecular weight excluding hydrogens is 691 g/mol. The lowest BCUT2D eigenvalue weighted by atomic mass is 9.78. The zero-order valence-electron chi connectivity index (χ0n) is 31.7. The highest BCUT2D eigenvalue weighted by Crippen LogP contribution is 2.50. The van der Waals surface area contributed by atoms with Crippen LogP contribution in [0.25, 0.3) is 49.9 Å². The average molecular weight is 732 g/mol. The minimum absolute atomic E-state index is 0.0234. The molecule has 6 aliphatic rings. The van der Waals surface area contributed by atoms with Crippen LogP contribution in [0.5, 0.6) is 0 Å². The normalized spacial score (nSPS) is 21.1. The van der Waals surface area contributed by atoms with Gasteiger partial charge >= 0.3 is 0 Å². The summed E-state index contributed by atoms with van der Waals surface area (Å²) in [6.07, 6.45) is 29.5. The number of nitrogens with zero attached hydrogens (tertiary/aromatic N) is 2. The standard InChI is InChI=1S/C54H41N3/c1-3-13-38-31-40(27-21-34(38)11-1)41-29-30-48-47(33-41)54-56-49-19-9-10-20-50(49)57(54)53(55-48)37-25-23-36(24-26-37)51-43-15-5-7-17-45(43)52(46-18-8-6-16-44(46)51)42-28-22-35-12-2-4-14-39(35)32-42/h1-2,4-12,14-25,27-31,33,37,39,54,56H,3,13,26,32H2. The maximum Gasteiger partial charge on any atom is 0.133 e. The molecular formula is C54H41N3. The maximum absolute atomic E-state index is 5.50. The molecule has 3 atom stereocenters. The van der Waals surface area contributed by atoms with E-state index in [2.05, 4.69) is 186 Å². The molecule has 1 N–H and O–H groups in total. The SMILES string of the molecule is C1=CC2=CC=C(c3c4ccccc4c(C4=CCC(C5=Nc6ccc(-c7ccc8c(c7)CCC=C8)cc6C6Nc7ccccc7N56)C=C4)c4ccccc34)CC2C=C1. The number of nitrogens with one attached hydrogen (secondary N) is 1. The Labute approximate surface area is 333 Å². The van der Waals surface area contributed by atoms with Crippen molar-refractivity contribution in [3.05, 3.63) is 203 Å². The number of hydrogen-bond acceptors (Lipinski definition) is 3. The van der Waals surface area contributed by atoms with Crippen LogP contribution in [0, 0.1) is 11.8 Å². The zero-order chi connectivity index (χ0) is 37.5. The van der Waals surface area contributed by atoms with Crippen molar-refractivity contribution in [3.8, 4) is 11.1 Å². The van der Waals surface area contributed by atoms with Crippen molar-refractivity contribution in [2.75, 3.05) is 10.2 Å². The highest BCUT2D eigenvalue weighted by molar-refractivity contribution is 6.17. The molecule has 2 aliphatic heterocycles. The van der Waals surface area contributed by atoms with Gasteiger partial charge in [0, 0.05) is 17.4 Å². The van der Waals surface area contributed by atoms with Gasteiger partial charge in [-0.2, -0.15) is 0 Å². The van der Waals surface area contributed by atoms with Crippen molar-refractivity contribution in [1.29, 1.82) is 0 Å². The van der Waals surface area contributed by atoms with Gasteiger partial charge in [-0.3, -0.25) is 0 Å². The van der Waals surface area contributed by atoms with E-state index in [4.69, 9.17) is 4.99 Å². The second kappa shape index (κ2) is 12.9. The summed E-state index contributed by atoms with van der Waals surface area (Å²) in [5.74, 6) is 1.65. The van der Waals surface area contributed by atoms with Crippen LogP contribution in [0.3, 0.4) is 0 Å². The quantitative estimate of drug-likeness (QED) is 0.183. The van der Waals surface area contributed by atoms with Crippen LogP contribution >= 0.6 is 0 Å². The van der Waals surface area contributed by atoms with Crippen LogP contribution in [0.15, 0.2) is 181 Å². The molecule has 0 aromatic heterocycles. The van der Waals surface area contributed by atoms with Crippen molar-refractivity contribution in [2.24, 2.45) is 16.8 Å². The lowest BCUT2D eigenvalue weighted by Crippen LogP contribution is -2.40. The fraction of sp³-hybridized carbons (Fsp3) is 0.130. The summed E-state index contributed by atoms with van der Waals surface area (Å²) in [6.45, 7) is 0. The molecule has 3 unspecified atom stereocenters. The second-order valence-corrected chi connectivity index (χ2v) is 16.1. The first kappa shape index (κ1) is 32.5. The number of anilines is 2. The van der Waals surface area contributed by atoms with Gasteiger partial charge in [-0.1, -0.05) is 152 Å². The number of benzene rings is 6. The molecule has 0 spiro atoms. The molecule has 3 heteroatoms. The smallest absolute Gasteiger partial charge is 0.133 e. The summed E-state index contributed by atoms with van der Waals surface area (Å²) in [7, 11) is 0. The van der Waals surface area contributed by atoms with Gasteiger partial charge in [-0.25, -0.2) is 4.99 Å². The van der Waals surface area contributed by atoms with Crippen LogP contribution < -0.4 is 10.2 Å². The molecule has 0 amide bonds. The second-order valence-electron chi connectivity index (χ2n) is 16.1. The molecule has 0 saturated heterocycles. The number of para-hydroxylation sites is 2. The van der Waals surface area contributed by atoms with Gasteiger partial charge in [0.15, 0.2) is 0 Å². The van der Waals surface area contributed by atoms with E-state index >= 15 is 0 Å². The van der Waals surface area contributed by atoms with E-state index in [1.807, 2.05) is 0 Å². The van der Waals surface area contributed by atoms with E-state index in [-0.39, 0.29) is 12.1 Å². The third-order valence-corrected chi connectivity index (χ3v) is 12.9. The third-order valence-electron chi connectivity index (χ3n) is 12.9. The van der Waals surface area contributed by atoms with E-state index < -0.39 is 0 Å². The number of amidine groups is 1. The van der Waals surface area contributed by atoms with Gasteiger partial charge in [0.05, 0.1) is 17.1 Å². The highest BCUT2D eigenvalue weighted by atomic mass is 15.4. The summed E-state index contributed by atoms with van der Waals surface area (Å²) in [6, 6.07) is 40.6. The van der Waals surface area contributed by atoms with E-state index in [1.165, 1.54) is 82.9 Å². The van der Waals surface area contributed by atoms with Gasteiger partial charge in [-0.15, -0.1) is 0 Å². The number of allylic oxidation sites excluding steroid dienone is 12. The Bertz CT molecular complexity index is 2900. The fourth-order valence-corrected chi connectivity index (χ4v) is 10.2. The Hall–Kier alpha value is -6.71. The van der Waals surface area contributed by atoms with Crippen molar-refractivity contribution in [1.82, 2.24) is 0 Å². The lowest BCUT2D eigenvalue weighted by Gasteiger charge is -2.36. The molecule has 57 heavy (non-hydrogen) atoms. The Kier molecular flexibility index (Phi) is 7.38. The largest absolute Gasteiger partial charge is 0.359 e. The maximum atomic E-state index is 5.50. The van der Waals surface area contributed by atoms with Gasteiger partial charge < -0.3 is 10.2 Å². The molecule has 0 radical (unpaired) electrons. The summed E-state index contributed by atoms with van der Waals surface area (Å²) in [4.78, 5) is 7.96. The zero-order valence-corrected chi connectivity index (χ0v) is 31.7. The summed E-state index contributed by atoms with van der Waals surface area (Å²) < 4.78 is 0. The monoisotopic (exact) mass is 731 g/mol. The average Bonchev–Trinajstić information content (AvgIpc) is 3.68. The van der Waals surface area contributed by atoms with Gasteiger partial charge in [0.2, 0.25) is 0 Å². The predicted molar refractivity (Wildman–Crippen MR) is 241 cm³/mol. The Morgan fingerprint density at radius 3 is 2.26 bits per heavy atom. The van der Waals surface area contributed by atoms with Crippen molar-refractivity contribution in [2.45, 2.75) is 31.8 Å². The van der Waals surface area contributed by atoms with Crippen LogP contribution in [0.1, 0.15) is 53.2 Å². The van der Waals surface area contributed by atoms with Gasteiger partial charge in [-0.05, 0) is 122 Å². The lowest BCUT2D eigenvalue weighted by molar-refractivity contribution is 0.765. The number of aryl methyl sites for hydroxylation is 1. The van der Waals surface area contributed by atoms with Crippen LogP contribution in [-0.2, 0) is 6.42 Å². The van der Waals surface area contributed by atoms with Gasteiger partial charge in [0.1, 0.15) is 12.0 Å². The van der Waals surface area contributed by atoms with Crippen LogP contribution in [0.4, 0.5) is 17.1 Å². The summed E-state index contributed by atoms with van der Waals surface area (Å²) in [5, 5.41) is 9.16. The first-order chi connectivity index (χ1) is 28.2. The van der Waals surface area contributed by atoms with Crippen molar-refractivity contribution >= 4 is 61.7 Å². The first-order valence-electron chi connectivity index (χ1n) is 20.5. The highest BCUT2D eigenvalue weighted by Gasteiger charge is 2.40. The molecule has 4 aliphatic carbocycles. The molecule has 0 saturated carbocycles. The van der Waals surface area contributed by atoms with Gasteiger partial charge in [0.25, 0.3) is 0 Å². The third kappa shape index (κ3) is 5.22. The summed E-state index contributed by atoms with van der Waals surface area (Å²) in [5.41, 5.74) is 16.7. The topological polar surface area (TPSA) is 27.6 Å². The molecule has 6 aromatic rings. The van der Waals surface area contributed by atoms with Crippen molar-refractivity contribution in [3.63, 3.8) is 0 Å². The fourth-order valence-electron chi connectivity index (χ4n) is 10.2. The Balaban J connectivity index is 0.932. The molecule has 272 valence electrons. The van der Waals surface area contributed by atoms with E-state index in [9.17, 15) is 0 Å². The van der Waals surface area contributed by atoms with E-state index in [1.54, 1.807) is 0 Å². The minimum atomic E-state index is -0.0234. The Morgan fingerprint density at radius 1 is 0.667 bits per heavy atom. The van der Waals surface area contributed by atoms with Crippen LogP contribution in [0.2, 0.25) is 0 Å². The first-order valence-corrected chi connectivity index (χ1v) is 20.5. The molecule has 2 heterocycles. The molecule has 6 aromatic carbocycles. The van der Waals surface area contributed by atoms with Crippen LogP contribution in [-0.4, -0.2) is 5.84 Å². The molecule has 12 rings (SSSR count). The molecule has 0 bridgehead atoms. The number of aliphatic imine (C=N–C) groups is 1.